The minimum absolute atomic E-state index is 0.0131. The van der Waals surface area contributed by atoms with E-state index in [0.29, 0.717) is 18.4 Å². The molecule has 1 aromatic carbocycles. The molecular formula is C15H18F2N2O. The van der Waals surface area contributed by atoms with Gasteiger partial charge in [-0.05, 0) is 36.3 Å². The summed E-state index contributed by atoms with van der Waals surface area (Å²) in [4.78, 5) is 14.0. The predicted molar refractivity (Wildman–Crippen MR) is 70.8 cm³/mol. The van der Waals surface area contributed by atoms with Crippen LogP contribution in [0.1, 0.15) is 18.4 Å². The molecule has 0 aromatic heterocycles. The zero-order chi connectivity index (χ0) is 14.3. The van der Waals surface area contributed by atoms with Crippen LogP contribution >= 0.6 is 0 Å². The number of nitrogens with zero attached hydrogens (tertiary/aromatic N) is 1. The van der Waals surface area contributed by atoms with Crippen LogP contribution in [0.2, 0.25) is 0 Å². The smallest absolute Gasteiger partial charge is 0.227 e. The maximum Gasteiger partial charge on any atom is 0.227 e. The molecule has 1 aliphatic carbocycles. The van der Waals surface area contributed by atoms with E-state index in [4.69, 9.17) is 5.73 Å². The lowest BCUT2D eigenvalue weighted by atomic mass is 9.98. The van der Waals surface area contributed by atoms with Crippen molar-refractivity contribution in [3.8, 4) is 0 Å². The molecule has 2 fully saturated rings. The molecule has 2 aliphatic rings. The number of hydrogen-bond donors (Lipinski definition) is 1. The van der Waals surface area contributed by atoms with E-state index < -0.39 is 11.6 Å². The van der Waals surface area contributed by atoms with Crippen molar-refractivity contribution in [2.45, 2.75) is 25.3 Å². The Bertz CT molecular complexity index is 535. The molecule has 20 heavy (non-hydrogen) atoms. The fraction of sp³-hybridized carbons (Fsp3) is 0.533. The van der Waals surface area contributed by atoms with Gasteiger partial charge in [0.2, 0.25) is 5.91 Å². The third-order valence-electron chi connectivity index (χ3n) is 4.62. The van der Waals surface area contributed by atoms with Gasteiger partial charge < -0.3 is 10.6 Å². The van der Waals surface area contributed by atoms with E-state index in [0.717, 1.165) is 25.5 Å². The van der Waals surface area contributed by atoms with Gasteiger partial charge in [0.05, 0.1) is 6.42 Å². The number of nitrogens with two attached hydrogens (primary N) is 1. The molecule has 1 aliphatic heterocycles. The number of rotatable bonds is 2. The number of likely N-dealkylation sites (tertiary alicyclic amines) is 1. The van der Waals surface area contributed by atoms with E-state index in [2.05, 4.69) is 0 Å². The molecule has 1 saturated carbocycles. The van der Waals surface area contributed by atoms with E-state index in [1.807, 2.05) is 0 Å². The van der Waals surface area contributed by atoms with E-state index in [9.17, 15) is 13.6 Å². The Morgan fingerprint density at radius 2 is 2.10 bits per heavy atom. The molecule has 0 radical (unpaired) electrons. The third kappa shape index (κ3) is 2.42. The fourth-order valence-electron chi connectivity index (χ4n) is 3.45. The predicted octanol–water partition coefficient (Wildman–Crippen LogP) is 1.70. The largest absolute Gasteiger partial charge is 0.342 e. The molecule has 3 rings (SSSR count). The highest BCUT2D eigenvalue weighted by Gasteiger charge is 2.42. The SMILES string of the molecule is NC1CCC2CN(C(=O)Cc3ccc(F)cc3F)CC12. The number of fused-ring (bicyclic) bond motifs is 1. The fourth-order valence-corrected chi connectivity index (χ4v) is 3.45. The van der Waals surface area contributed by atoms with E-state index in [1.54, 1.807) is 4.90 Å². The molecule has 5 heteroatoms. The van der Waals surface area contributed by atoms with Crippen molar-refractivity contribution < 1.29 is 13.6 Å². The maximum atomic E-state index is 13.6. The Labute approximate surface area is 116 Å². The van der Waals surface area contributed by atoms with E-state index >= 15 is 0 Å². The zero-order valence-electron chi connectivity index (χ0n) is 11.2. The van der Waals surface area contributed by atoms with Gasteiger partial charge in [-0.15, -0.1) is 0 Å². The van der Waals surface area contributed by atoms with Crippen molar-refractivity contribution in [3.63, 3.8) is 0 Å². The zero-order valence-corrected chi connectivity index (χ0v) is 11.2. The number of carbonyl (C=O) groups excluding carboxylic acids is 1. The quantitative estimate of drug-likeness (QED) is 0.896. The second-order valence-electron chi connectivity index (χ2n) is 5.88. The standard InChI is InChI=1S/C15H18F2N2O/c16-11-3-1-9(13(17)6-11)5-15(20)19-7-10-2-4-14(18)12(10)8-19/h1,3,6,10,12,14H,2,4-5,7-8,18H2. The van der Waals surface area contributed by atoms with Gasteiger partial charge in [0.1, 0.15) is 11.6 Å². The van der Waals surface area contributed by atoms with Gasteiger partial charge in [-0.3, -0.25) is 4.79 Å². The van der Waals surface area contributed by atoms with Crippen LogP contribution in [0.15, 0.2) is 18.2 Å². The van der Waals surface area contributed by atoms with Gasteiger partial charge in [0.15, 0.2) is 0 Å². The highest BCUT2D eigenvalue weighted by molar-refractivity contribution is 5.79. The van der Waals surface area contributed by atoms with Crippen molar-refractivity contribution in [1.29, 1.82) is 0 Å². The van der Waals surface area contributed by atoms with E-state index in [1.165, 1.54) is 12.1 Å². The Morgan fingerprint density at radius 1 is 1.30 bits per heavy atom. The lowest BCUT2D eigenvalue weighted by Crippen LogP contribution is -2.34. The molecule has 3 nitrogen and oxygen atoms in total. The summed E-state index contributed by atoms with van der Waals surface area (Å²) in [5, 5.41) is 0. The molecule has 1 amide bonds. The van der Waals surface area contributed by atoms with E-state index in [-0.39, 0.29) is 23.9 Å². The number of carbonyl (C=O) groups is 1. The maximum absolute atomic E-state index is 13.6. The average Bonchev–Trinajstić information content (AvgIpc) is 2.96. The molecule has 1 heterocycles. The molecule has 3 atom stereocenters. The Kier molecular flexibility index (Phi) is 3.46. The Balaban J connectivity index is 1.66. The first-order chi connectivity index (χ1) is 9.54. The summed E-state index contributed by atoms with van der Waals surface area (Å²) < 4.78 is 26.4. The highest BCUT2D eigenvalue weighted by Crippen LogP contribution is 2.37. The normalized spacial score (nSPS) is 28.8. The van der Waals surface area contributed by atoms with Gasteiger partial charge in [-0.25, -0.2) is 8.78 Å². The summed E-state index contributed by atoms with van der Waals surface area (Å²) >= 11 is 0. The van der Waals surface area contributed by atoms with Gasteiger partial charge in [-0.2, -0.15) is 0 Å². The summed E-state index contributed by atoms with van der Waals surface area (Å²) in [6.45, 7) is 1.40. The number of halogens is 2. The molecule has 0 spiro atoms. The molecule has 0 bridgehead atoms. The van der Waals surface area contributed by atoms with Crippen LogP contribution in [0.5, 0.6) is 0 Å². The first-order valence-corrected chi connectivity index (χ1v) is 7.02. The first kappa shape index (κ1) is 13.5. The number of amides is 1. The number of hydrogen-bond acceptors (Lipinski definition) is 2. The summed E-state index contributed by atoms with van der Waals surface area (Å²) in [6.07, 6.45) is 2.09. The molecule has 1 saturated heterocycles. The lowest BCUT2D eigenvalue weighted by Gasteiger charge is -2.19. The summed E-state index contributed by atoms with van der Waals surface area (Å²) in [5.41, 5.74) is 6.28. The van der Waals surface area contributed by atoms with Crippen molar-refractivity contribution in [2.75, 3.05) is 13.1 Å². The molecule has 3 unspecified atom stereocenters. The van der Waals surface area contributed by atoms with Crippen LogP contribution in [0.25, 0.3) is 0 Å². The van der Waals surface area contributed by atoms with Crippen molar-refractivity contribution in [3.05, 3.63) is 35.4 Å². The van der Waals surface area contributed by atoms with Crippen LogP contribution in [0.4, 0.5) is 8.78 Å². The lowest BCUT2D eigenvalue weighted by molar-refractivity contribution is -0.129. The number of benzene rings is 1. The molecule has 2 N–H and O–H groups in total. The second kappa shape index (κ2) is 5.13. The molecule has 108 valence electrons. The minimum atomic E-state index is -0.658. The van der Waals surface area contributed by atoms with Crippen LogP contribution < -0.4 is 5.73 Å². The monoisotopic (exact) mass is 280 g/mol. The average molecular weight is 280 g/mol. The highest BCUT2D eigenvalue weighted by atomic mass is 19.1. The third-order valence-corrected chi connectivity index (χ3v) is 4.62. The van der Waals surface area contributed by atoms with Gasteiger partial charge in [0, 0.05) is 25.2 Å². The van der Waals surface area contributed by atoms with Gasteiger partial charge in [-0.1, -0.05) is 6.07 Å². The Hall–Kier alpha value is -1.49. The van der Waals surface area contributed by atoms with Gasteiger partial charge in [0.25, 0.3) is 0 Å². The topological polar surface area (TPSA) is 46.3 Å². The summed E-state index contributed by atoms with van der Waals surface area (Å²) in [7, 11) is 0. The first-order valence-electron chi connectivity index (χ1n) is 7.02. The second-order valence-corrected chi connectivity index (χ2v) is 5.88. The summed E-state index contributed by atoms with van der Waals surface area (Å²) in [5.74, 6) is -0.504. The van der Waals surface area contributed by atoms with Crippen LogP contribution in [-0.2, 0) is 11.2 Å². The Morgan fingerprint density at radius 3 is 2.80 bits per heavy atom. The van der Waals surface area contributed by atoms with Crippen LogP contribution in [0, 0.1) is 23.5 Å². The van der Waals surface area contributed by atoms with Crippen LogP contribution in [0.3, 0.4) is 0 Å². The van der Waals surface area contributed by atoms with Crippen molar-refractivity contribution >= 4 is 5.91 Å². The minimum Gasteiger partial charge on any atom is -0.342 e. The van der Waals surface area contributed by atoms with Crippen molar-refractivity contribution in [1.82, 2.24) is 4.90 Å². The van der Waals surface area contributed by atoms with Crippen LogP contribution in [-0.4, -0.2) is 29.9 Å². The molecule has 1 aromatic rings. The molecular weight excluding hydrogens is 262 g/mol. The summed E-state index contributed by atoms with van der Waals surface area (Å²) in [6, 6.07) is 3.52. The van der Waals surface area contributed by atoms with Crippen molar-refractivity contribution in [2.24, 2.45) is 17.6 Å². The van der Waals surface area contributed by atoms with Gasteiger partial charge >= 0.3 is 0 Å².